The van der Waals surface area contributed by atoms with Crippen molar-refractivity contribution in [2.75, 3.05) is 12.4 Å². The van der Waals surface area contributed by atoms with Gasteiger partial charge in [0.05, 0.1) is 23.4 Å². The summed E-state index contributed by atoms with van der Waals surface area (Å²) in [5, 5.41) is 0. The molecule has 1 aliphatic heterocycles. The molecule has 1 saturated heterocycles. The predicted molar refractivity (Wildman–Crippen MR) is 105 cm³/mol. The normalized spacial score (nSPS) is 24.3. The van der Waals surface area contributed by atoms with E-state index >= 15 is 0 Å². The highest BCUT2D eigenvalue weighted by atomic mass is 32.2. The minimum Gasteiger partial charge on any atom is -0.501 e. The van der Waals surface area contributed by atoms with E-state index in [1.165, 1.54) is 0 Å². The van der Waals surface area contributed by atoms with Crippen molar-refractivity contribution in [2.24, 2.45) is 0 Å². The molecule has 0 spiro atoms. The van der Waals surface area contributed by atoms with Gasteiger partial charge in [0.2, 0.25) is 0 Å². The average molecular weight is 365 g/mol. The van der Waals surface area contributed by atoms with Crippen LogP contribution in [0, 0.1) is 0 Å². The standard InChI is InChI=1S/C21H32O3S/c1-3-21(14-9-4-5-10-17-25(21,22)23)15-11-16-24-18-19(2)20-12-7-6-8-13-20/h6-8,12-13,18H,3-5,9-11,14-17H2,1-2H3/b19-18-. The molecule has 0 N–H and O–H groups in total. The fraction of sp³-hybridized carbons (Fsp3) is 0.619. The molecule has 140 valence electrons. The highest BCUT2D eigenvalue weighted by Crippen LogP contribution is 2.36. The van der Waals surface area contributed by atoms with E-state index in [1.807, 2.05) is 32.0 Å². The summed E-state index contributed by atoms with van der Waals surface area (Å²) in [5.41, 5.74) is 2.24. The van der Waals surface area contributed by atoms with Crippen LogP contribution < -0.4 is 0 Å². The summed E-state index contributed by atoms with van der Waals surface area (Å²) < 4.78 is 30.8. The molecular formula is C21H32O3S. The van der Waals surface area contributed by atoms with Crippen LogP contribution in [0.5, 0.6) is 0 Å². The smallest absolute Gasteiger partial charge is 0.155 e. The molecule has 1 unspecified atom stereocenters. The van der Waals surface area contributed by atoms with Crippen molar-refractivity contribution in [3.8, 4) is 0 Å². The third-order valence-corrected chi connectivity index (χ3v) is 8.33. The fourth-order valence-corrected chi connectivity index (χ4v) is 6.12. The zero-order valence-corrected chi connectivity index (χ0v) is 16.5. The maximum absolute atomic E-state index is 12.8. The number of hydrogen-bond donors (Lipinski definition) is 0. The van der Waals surface area contributed by atoms with Gasteiger partial charge in [0.25, 0.3) is 0 Å². The van der Waals surface area contributed by atoms with Crippen molar-refractivity contribution in [1.82, 2.24) is 0 Å². The molecule has 2 rings (SSSR count). The van der Waals surface area contributed by atoms with Crippen molar-refractivity contribution in [3.05, 3.63) is 42.2 Å². The van der Waals surface area contributed by atoms with Crippen LogP contribution in [0.15, 0.2) is 36.6 Å². The number of benzene rings is 1. The van der Waals surface area contributed by atoms with Crippen molar-refractivity contribution >= 4 is 15.4 Å². The molecule has 0 radical (unpaired) electrons. The SMILES string of the molecule is CCC1(CCCO/C=C(/C)c2ccccc2)CCCCCCS1(=O)=O. The van der Waals surface area contributed by atoms with Gasteiger partial charge >= 0.3 is 0 Å². The van der Waals surface area contributed by atoms with E-state index in [0.29, 0.717) is 25.2 Å². The van der Waals surface area contributed by atoms with E-state index in [4.69, 9.17) is 4.74 Å². The summed E-state index contributed by atoms with van der Waals surface area (Å²) in [4.78, 5) is 0. The van der Waals surface area contributed by atoms with Gasteiger partial charge in [0.15, 0.2) is 9.84 Å². The van der Waals surface area contributed by atoms with E-state index < -0.39 is 14.6 Å². The molecule has 1 aromatic carbocycles. The van der Waals surface area contributed by atoms with Crippen molar-refractivity contribution in [3.63, 3.8) is 0 Å². The van der Waals surface area contributed by atoms with Gasteiger partial charge in [-0.2, -0.15) is 0 Å². The number of ether oxygens (including phenoxy) is 1. The summed E-state index contributed by atoms with van der Waals surface area (Å²) in [6.07, 6.45) is 8.87. The lowest BCUT2D eigenvalue weighted by Gasteiger charge is -2.34. The number of allylic oxidation sites excluding steroid dienone is 1. The lowest BCUT2D eigenvalue weighted by atomic mass is 9.92. The zero-order chi connectivity index (χ0) is 18.2. The second-order valence-corrected chi connectivity index (χ2v) is 9.66. The van der Waals surface area contributed by atoms with Gasteiger partial charge in [-0.15, -0.1) is 0 Å². The Balaban J connectivity index is 1.89. The van der Waals surface area contributed by atoms with Crippen LogP contribution in [0.2, 0.25) is 0 Å². The van der Waals surface area contributed by atoms with Crippen LogP contribution in [0.3, 0.4) is 0 Å². The van der Waals surface area contributed by atoms with E-state index in [1.54, 1.807) is 6.26 Å². The van der Waals surface area contributed by atoms with Crippen LogP contribution in [-0.2, 0) is 14.6 Å². The van der Waals surface area contributed by atoms with Gasteiger partial charge in [-0.05, 0) is 50.2 Å². The molecule has 0 saturated carbocycles. The van der Waals surface area contributed by atoms with Gasteiger partial charge < -0.3 is 4.74 Å². The molecule has 0 aromatic heterocycles. The lowest BCUT2D eigenvalue weighted by Crippen LogP contribution is -2.41. The first-order valence-corrected chi connectivity index (χ1v) is 11.2. The minimum absolute atomic E-state index is 0.356. The summed E-state index contributed by atoms with van der Waals surface area (Å²) in [5.74, 6) is 0.356. The second-order valence-electron chi connectivity index (χ2n) is 7.16. The Morgan fingerprint density at radius 2 is 1.88 bits per heavy atom. The van der Waals surface area contributed by atoms with Gasteiger partial charge in [-0.3, -0.25) is 0 Å². The molecule has 0 aliphatic carbocycles. The Labute approximate surface area is 153 Å². The summed E-state index contributed by atoms with van der Waals surface area (Å²) in [6.45, 7) is 4.63. The zero-order valence-electron chi connectivity index (χ0n) is 15.7. The molecule has 1 atom stereocenters. The number of hydrogen-bond acceptors (Lipinski definition) is 3. The van der Waals surface area contributed by atoms with Crippen molar-refractivity contribution in [2.45, 2.75) is 70.0 Å². The maximum Gasteiger partial charge on any atom is 0.155 e. The second kappa shape index (κ2) is 9.42. The van der Waals surface area contributed by atoms with Crippen LogP contribution in [0.4, 0.5) is 0 Å². The summed E-state index contributed by atoms with van der Waals surface area (Å²) >= 11 is 0. The maximum atomic E-state index is 12.8. The highest BCUT2D eigenvalue weighted by Gasteiger charge is 2.41. The molecule has 4 heteroatoms. The molecule has 1 aliphatic rings. The van der Waals surface area contributed by atoms with Crippen molar-refractivity contribution < 1.29 is 13.2 Å². The van der Waals surface area contributed by atoms with Gasteiger partial charge in [-0.1, -0.05) is 56.5 Å². The number of rotatable bonds is 7. The molecule has 3 nitrogen and oxygen atoms in total. The predicted octanol–water partition coefficient (Wildman–Crippen LogP) is 5.37. The molecule has 1 fully saturated rings. The number of sulfone groups is 1. The van der Waals surface area contributed by atoms with E-state index in [2.05, 4.69) is 12.1 Å². The monoisotopic (exact) mass is 364 g/mol. The average Bonchev–Trinajstić information content (AvgIpc) is 2.61. The summed E-state index contributed by atoms with van der Waals surface area (Å²) in [6, 6.07) is 10.1. The van der Waals surface area contributed by atoms with Crippen LogP contribution in [0.25, 0.3) is 5.57 Å². The fourth-order valence-electron chi connectivity index (χ4n) is 3.75. The highest BCUT2D eigenvalue weighted by molar-refractivity contribution is 7.92. The molecule has 0 amide bonds. The first kappa shape index (κ1) is 20.0. The first-order chi connectivity index (χ1) is 12.0. The topological polar surface area (TPSA) is 43.4 Å². The summed E-state index contributed by atoms with van der Waals surface area (Å²) in [7, 11) is -3.01. The van der Waals surface area contributed by atoms with Gasteiger partial charge in [-0.25, -0.2) is 8.42 Å². The largest absolute Gasteiger partial charge is 0.501 e. The van der Waals surface area contributed by atoms with Crippen LogP contribution in [0.1, 0.15) is 70.8 Å². The quantitative estimate of drug-likeness (QED) is 0.482. The molecule has 25 heavy (non-hydrogen) atoms. The van der Waals surface area contributed by atoms with Crippen LogP contribution >= 0.6 is 0 Å². The Kier molecular flexibility index (Phi) is 7.55. The Hall–Kier alpha value is -1.29. The molecule has 1 aromatic rings. The molecular weight excluding hydrogens is 332 g/mol. The molecule has 0 bridgehead atoms. The third kappa shape index (κ3) is 5.34. The van der Waals surface area contributed by atoms with Gasteiger partial charge in [0, 0.05) is 0 Å². The molecule has 1 heterocycles. The van der Waals surface area contributed by atoms with E-state index in [0.717, 1.165) is 49.7 Å². The first-order valence-electron chi connectivity index (χ1n) is 9.57. The Morgan fingerprint density at radius 1 is 1.16 bits per heavy atom. The Bertz CT molecular complexity index is 649. The Morgan fingerprint density at radius 3 is 2.60 bits per heavy atom. The van der Waals surface area contributed by atoms with E-state index in [9.17, 15) is 8.42 Å². The van der Waals surface area contributed by atoms with Crippen LogP contribution in [-0.4, -0.2) is 25.5 Å². The lowest BCUT2D eigenvalue weighted by molar-refractivity contribution is 0.233. The minimum atomic E-state index is -3.01. The van der Waals surface area contributed by atoms with Crippen molar-refractivity contribution in [1.29, 1.82) is 0 Å². The van der Waals surface area contributed by atoms with Gasteiger partial charge in [0.1, 0.15) is 0 Å². The third-order valence-electron chi connectivity index (χ3n) is 5.48. The van der Waals surface area contributed by atoms with E-state index in [-0.39, 0.29) is 0 Å².